The first-order valence-corrected chi connectivity index (χ1v) is 8.77. The molecule has 0 spiro atoms. The first-order valence-electron chi connectivity index (χ1n) is 8.77. The molecule has 1 saturated heterocycles. The van der Waals surface area contributed by atoms with Gasteiger partial charge in [-0.2, -0.15) is 0 Å². The maximum Gasteiger partial charge on any atom is 0.309 e. The second-order valence-corrected chi connectivity index (χ2v) is 6.61. The molecule has 25 heavy (non-hydrogen) atoms. The number of carbonyl (C=O) groups is 1. The van der Waals surface area contributed by atoms with Gasteiger partial charge < -0.3 is 9.64 Å². The molecule has 1 fully saturated rings. The number of esters is 1. The molecule has 2 aromatic rings. The first kappa shape index (κ1) is 17.6. The van der Waals surface area contributed by atoms with Gasteiger partial charge in [0.25, 0.3) is 0 Å². The first-order chi connectivity index (χ1) is 12.2. The maximum atomic E-state index is 13.3. The molecule has 0 saturated carbocycles. The number of methoxy groups -OCH3 is 1. The van der Waals surface area contributed by atoms with E-state index in [1.54, 1.807) is 12.1 Å². The van der Waals surface area contributed by atoms with Gasteiger partial charge in [-0.1, -0.05) is 42.5 Å². The second-order valence-electron chi connectivity index (χ2n) is 6.61. The zero-order valence-corrected chi connectivity index (χ0v) is 14.5. The fourth-order valence-electron chi connectivity index (χ4n) is 3.64. The average Bonchev–Trinajstić information content (AvgIpc) is 2.67. The molecule has 1 heterocycles. The third kappa shape index (κ3) is 4.45. The Morgan fingerprint density at radius 2 is 1.88 bits per heavy atom. The van der Waals surface area contributed by atoms with E-state index in [4.69, 9.17) is 4.74 Å². The van der Waals surface area contributed by atoms with Crippen molar-refractivity contribution in [3.8, 4) is 0 Å². The summed E-state index contributed by atoms with van der Waals surface area (Å²) in [4.78, 5) is 14.6. The van der Waals surface area contributed by atoms with Gasteiger partial charge in [0, 0.05) is 19.0 Å². The van der Waals surface area contributed by atoms with E-state index in [0.717, 1.165) is 38.0 Å². The lowest BCUT2D eigenvalue weighted by Crippen LogP contribution is -2.43. The third-order valence-electron chi connectivity index (χ3n) is 5.06. The van der Waals surface area contributed by atoms with Gasteiger partial charge in [0.1, 0.15) is 5.82 Å². The predicted octanol–water partition coefficient (Wildman–Crippen LogP) is 3.65. The van der Waals surface area contributed by atoms with E-state index < -0.39 is 0 Å². The van der Waals surface area contributed by atoms with E-state index in [9.17, 15) is 9.18 Å². The molecule has 4 heteroatoms. The van der Waals surface area contributed by atoms with E-state index >= 15 is 0 Å². The minimum atomic E-state index is -0.255. The van der Waals surface area contributed by atoms with Crippen LogP contribution in [0.25, 0.3) is 0 Å². The highest BCUT2D eigenvalue weighted by molar-refractivity contribution is 5.73. The molecular formula is C21H24FNO2. The van der Waals surface area contributed by atoms with Crippen molar-refractivity contribution < 1.29 is 13.9 Å². The SMILES string of the molecule is COC(=O)[C@@H]1CCN(CCc2ccccc2)C[C@H]1c1ccc(F)cc1. The summed E-state index contributed by atoms with van der Waals surface area (Å²) in [6, 6.07) is 16.9. The van der Waals surface area contributed by atoms with Crippen LogP contribution < -0.4 is 0 Å². The van der Waals surface area contributed by atoms with Gasteiger partial charge in [0.2, 0.25) is 0 Å². The van der Waals surface area contributed by atoms with Crippen LogP contribution in [0.5, 0.6) is 0 Å². The summed E-state index contributed by atoms with van der Waals surface area (Å²) < 4.78 is 18.3. The van der Waals surface area contributed by atoms with Crippen molar-refractivity contribution >= 4 is 5.97 Å². The van der Waals surface area contributed by atoms with Crippen LogP contribution in [0.1, 0.15) is 23.5 Å². The summed E-state index contributed by atoms with van der Waals surface area (Å²) in [5.41, 5.74) is 2.32. The van der Waals surface area contributed by atoms with Crippen molar-refractivity contribution in [2.45, 2.75) is 18.8 Å². The van der Waals surface area contributed by atoms with Crippen LogP contribution in [0.3, 0.4) is 0 Å². The number of hydrogen-bond donors (Lipinski definition) is 0. The molecule has 1 aliphatic heterocycles. The fraction of sp³-hybridized carbons (Fsp3) is 0.381. The zero-order valence-electron chi connectivity index (χ0n) is 14.5. The van der Waals surface area contributed by atoms with Crippen molar-refractivity contribution in [1.82, 2.24) is 4.90 Å². The predicted molar refractivity (Wildman–Crippen MR) is 95.9 cm³/mol. The van der Waals surface area contributed by atoms with Crippen LogP contribution in [-0.4, -0.2) is 37.6 Å². The quantitative estimate of drug-likeness (QED) is 0.778. The van der Waals surface area contributed by atoms with Crippen LogP contribution in [-0.2, 0) is 16.0 Å². The fourth-order valence-corrected chi connectivity index (χ4v) is 3.64. The Morgan fingerprint density at radius 3 is 2.56 bits per heavy atom. The molecule has 2 aromatic carbocycles. The molecule has 0 N–H and O–H groups in total. The van der Waals surface area contributed by atoms with E-state index in [1.807, 2.05) is 6.07 Å². The normalized spacial score (nSPS) is 21.0. The van der Waals surface area contributed by atoms with E-state index in [0.29, 0.717) is 0 Å². The molecule has 0 radical (unpaired) electrons. The van der Waals surface area contributed by atoms with E-state index in [2.05, 4.69) is 29.2 Å². The monoisotopic (exact) mass is 341 g/mol. The Kier molecular flexibility index (Phi) is 5.82. The van der Waals surface area contributed by atoms with Crippen LogP contribution in [0, 0.1) is 11.7 Å². The lowest BCUT2D eigenvalue weighted by atomic mass is 9.80. The summed E-state index contributed by atoms with van der Waals surface area (Å²) in [5, 5.41) is 0. The highest BCUT2D eigenvalue weighted by atomic mass is 19.1. The molecule has 0 bridgehead atoms. The molecule has 1 aliphatic rings. The van der Waals surface area contributed by atoms with Gasteiger partial charge >= 0.3 is 5.97 Å². The number of carbonyl (C=O) groups excluding carboxylic acids is 1. The second kappa shape index (κ2) is 8.26. The number of hydrogen-bond acceptors (Lipinski definition) is 3. The van der Waals surface area contributed by atoms with Gasteiger partial charge in [-0.25, -0.2) is 4.39 Å². The number of piperidine rings is 1. The van der Waals surface area contributed by atoms with Crippen LogP contribution in [0.15, 0.2) is 54.6 Å². The highest BCUT2D eigenvalue weighted by Crippen LogP contribution is 2.33. The Bertz CT molecular complexity index is 687. The number of nitrogens with zero attached hydrogens (tertiary/aromatic N) is 1. The molecule has 0 unspecified atom stereocenters. The molecule has 2 atom stereocenters. The lowest BCUT2D eigenvalue weighted by molar-refractivity contribution is -0.147. The number of ether oxygens (including phenoxy) is 1. The standard InChI is InChI=1S/C21H24FNO2/c1-25-21(24)19-12-14-23(13-11-16-5-3-2-4-6-16)15-20(19)17-7-9-18(22)10-8-17/h2-10,19-20H,11-15H2,1H3/t19-,20+/m1/s1. The Balaban J connectivity index is 1.71. The number of benzene rings is 2. The number of rotatable bonds is 5. The molecule has 3 rings (SSSR count). The Hall–Kier alpha value is -2.20. The van der Waals surface area contributed by atoms with Gasteiger partial charge in [-0.15, -0.1) is 0 Å². The van der Waals surface area contributed by atoms with Crippen molar-refractivity contribution in [1.29, 1.82) is 0 Å². The smallest absolute Gasteiger partial charge is 0.309 e. The van der Waals surface area contributed by atoms with Crippen LogP contribution >= 0.6 is 0 Å². The lowest BCUT2D eigenvalue weighted by Gasteiger charge is -2.37. The van der Waals surface area contributed by atoms with E-state index in [-0.39, 0.29) is 23.6 Å². The highest BCUT2D eigenvalue weighted by Gasteiger charge is 2.35. The molecule has 0 aromatic heterocycles. The number of likely N-dealkylation sites (tertiary alicyclic amines) is 1. The molecule has 3 nitrogen and oxygen atoms in total. The van der Waals surface area contributed by atoms with Crippen LogP contribution in [0.4, 0.5) is 4.39 Å². The molecular weight excluding hydrogens is 317 g/mol. The third-order valence-corrected chi connectivity index (χ3v) is 5.06. The minimum absolute atomic E-state index is 0.0394. The summed E-state index contributed by atoms with van der Waals surface area (Å²) in [6.07, 6.45) is 1.75. The van der Waals surface area contributed by atoms with Gasteiger partial charge in [-0.05, 0) is 42.6 Å². The molecule has 0 aliphatic carbocycles. The molecule has 0 amide bonds. The van der Waals surface area contributed by atoms with Crippen molar-refractivity contribution in [3.63, 3.8) is 0 Å². The van der Waals surface area contributed by atoms with Crippen LogP contribution in [0.2, 0.25) is 0 Å². The van der Waals surface area contributed by atoms with Crippen molar-refractivity contribution in [3.05, 3.63) is 71.5 Å². The molecule has 132 valence electrons. The topological polar surface area (TPSA) is 29.5 Å². The Morgan fingerprint density at radius 1 is 1.16 bits per heavy atom. The van der Waals surface area contributed by atoms with Gasteiger partial charge in [0.15, 0.2) is 0 Å². The summed E-state index contributed by atoms with van der Waals surface area (Å²) in [6.45, 7) is 2.62. The van der Waals surface area contributed by atoms with Crippen molar-refractivity contribution in [2.75, 3.05) is 26.7 Å². The van der Waals surface area contributed by atoms with Gasteiger partial charge in [0.05, 0.1) is 13.0 Å². The number of halogens is 1. The summed E-state index contributed by atoms with van der Waals surface area (Å²) in [7, 11) is 1.44. The zero-order chi connectivity index (χ0) is 17.6. The maximum absolute atomic E-state index is 13.3. The Labute approximate surface area is 148 Å². The van der Waals surface area contributed by atoms with Gasteiger partial charge in [-0.3, -0.25) is 4.79 Å². The average molecular weight is 341 g/mol. The van der Waals surface area contributed by atoms with E-state index in [1.165, 1.54) is 24.8 Å². The van der Waals surface area contributed by atoms with Crippen molar-refractivity contribution in [2.24, 2.45) is 5.92 Å². The largest absolute Gasteiger partial charge is 0.469 e. The summed E-state index contributed by atoms with van der Waals surface area (Å²) >= 11 is 0. The summed E-state index contributed by atoms with van der Waals surface area (Å²) in [5.74, 6) is -0.548. The minimum Gasteiger partial charge on any atom is -0.469 e.